The zero-order chi connectivity index (χ0) is 18.7. The molecule has 2 aromatic heterocycles. The highest BCUT2D eigenvalue weighted by atomic mass is 35.5. The van der Waals surface area contributed by atoms with E-state index in [1.807, 2.05) is 30.5 Å². The van der Waals surface area contributed by atoms with E-state index in [0.717, 1.165) is 17.1 Å². The predicted molar refractivity (Wildman–Crippen MR) is 98.1 cm³/mol. The van der Waals surface area contributed by atoms with Gasteiger partial charge in [0.2, 0.25) is 0 Å². The van der Waals surface area contributed by atoms with E-state index < -0.39 is 11.8 Å². The van der Waals surface area contributed by atoms with Gasteiger partial charge in [-0.05, 0) is 44.2 Å². The molecule has 3 rings (SSSR count). The molecular weight excluding hydrogens is 354 g/mol. The van der Waals surface area contributed by atoms with Gasteiger partial charge in [-0.25, -0.2) is 0 Å². The molecule has 0 saturated heterocycles. The molecule has 0 spiro atoms. The lowest BCUT2D eigenvalue weighted by Gasteiger charge is -2.10. The van der Waals surface area contributed by atoms with Crippen molar-refractivity contribution in [3.8, 4) is 0 Å². The van der Waals surface area contributed by atoms with Crippen molar-refractivity contribution < 1.29 is 14.0 Å². The van der Waals surface area contributed by atoms with E-state index in [2.05, 4.69) is 10.9 Å². The van der Waals surface area contributed by atoms with Crippen molar-refractivity contribution in [3.63, 3.8) is 0 Å². The molecule has 2 N–H and O–H groups in total. The Morgan fingerprint density at radius 2 is 1.73 bits per heavy atom. The summed E-state index contributed by atoms with van der Waals surface area (Å²) < 4.78 is 7.34. The van der Waals surface area contributed by atoms with Gasteiger partial charge in [0.05, 0.1) is 29.0 Å². The molecule has 2 heterocycles. The number of nitrogens with one attached hydrogen (secondary N) is 2. The summed E-state index contributed by atoms with van der Waals surface area (Å²) in [6.07, 6.45) is 1.61. The number of benzene rings is 1. The number of carbonyl (C=O) groups excluding carboxylic acids is 2. The Kier molecular flexibility index (Phi) is 5.14. The third-order valence-corrected chi connectivity index (χ3v) is 4.45. The smallest absolute Gasteiger partial charge is 0.271 e. The monoisotopic (exact) mass is 371 g/mol. The Morgan fingerprint density at radius 1 is 1.04 bits per heavy atom. The van der Waals surface area contributed by atoms with Crippen LogP contribution in [0.2, 0.25) is 5.02 Å². The quantitative estimate of drug-likeness (QED) is 0.689. The zero-order valence-electron chi connectivity index (χ0n) is 14.4. The van der Waals surface area contributed by atoms with Crippen LogP contribution in [0.25, 0.3) is 0 Å². The van der Waals surface area contributed by atoms with Gasteiger partial charge in [0, 0.05) is 11.4 Å². The van der Waals surface area contributed by atoms with Crippen LogP contribution in [0.15, 0.2) is 53.1 Å². The van der Waals surface area contributed by atoms with E-state index in [0.29, 0.717) is 17.1 Å². The third-order valence-electron chi connectivity index (χ3n) is 4.12. The van der Waals surface area contributed by atoms with Crippen molar-refractivity contribution >= 4 is 23.4 Å². The standard InChI is InChI=1S/C19H18ClN3O3/c1-12-10-16(13(2)23(12)11-14-6-5-9-26-14)19(25)22-21-18(24)15-7-3-4-8-17(15)20/h3-10H,11H2,1-2H3,(H,21,24)(H,22,25). The second kappa shape index (κ2) is 7.49. The topological polar surface area (TPSA) is 76.3 Å². The van der Waals surface area contributed by atoms with E-state index >= 15 is 0 Å². The van der Waals surface area contributed by atoms with E-state index in [9.17, 15) is 9.59 Å². The average molecular weight is 372 g/mol. The van der Waals surface area contributed by atoms with Crippen molar-refractivity contribution in [2.75, 3.05) is 0 Å². The normalized spacial score (nSPS) is 10.6. The summed E-state index contributed by atoms with van der Waals surface area (Å²) in [6.45, 7) is 4.29. The van der Waals surface area contributed by atoms with Crippen LogP contribution in [-0.4, -0.2) is 16.4 Å². The van der Waals surface area contributed by atoms with Crippen molar-refractivity contribution in [2.45, 2.75) is 20.4 Å². The summed E-state index contributed by atoms with van der Waals surface area (Å²) in [7, 11) is 0. The Hall–Kier alpha value is -2.99. The molecular formula is C19H18ClN3O3. The van der Waals surface area contributed by atoms with E-state index in [1.165, 1.54) is 0 Å². The molecule has 134 valence electrons. The lowest BCUT2D eigenvalue weighted by molar-refractivity contribution is 0.0846. The van der Waals surface area contributed by atoms with Gasteiger partial charge in [0.1, 0.15) is 5.76 Å². The number of furan rings is 1. The Morgan fingerprint density at radius 3 is 2.38 bits per heavy atom. The fourth-order valence-corrected chi connectivity index (χ4v) is 2.95. The molecule has 0 unspecified atom stereocenters. The Balaban J connectivity index is 1.70. The number of rotatable bonds is 4. The average Bonchev–Trinajstić information content (AvgIpc) is 3.23. The number of halogens is 1. The zero-order valence-corrected chi connectivity index (χ0v) is 15.1. The van der Waals surface area contributed by atoms with Crippen molar-refractivity contribution in [3.05, 3.63) is 82.0 Å². The summed E-state index contributed by atoms with van der Waals surface area (Å²) in [4.78, 5) is 24.6. The Labute approximate surface area is 155 Å². The molecule has 0 aliphatic heterocycles. The van der Waals surface area contributed by atoms with Crippen molar-refractivity contribution in [1.29, 1.82) is 0 Å². The van der Waals surface area contributed by atoms with Gasteiger partial charge in [-0.2, -0.15) is 0 Å². The van der Waals surface area contributed by atoms with E-state index in [4.69, 9.17) is 16.0 Å². The van der Waals surface area contributed by atoms with Gasteiger partial charge in [-0.3, -0.25) is 20.4 Å². The minimum atomic E-state index is -0.478. The number of aromatic nitrogens is 1. The van der Waals surface area contributed by atoms with Crippen LogP contribution in [0.1, 0.15) is 37.9 Å². The second-order valence-corrected chi connectivity index (χ2v) is 6.25. The molecule has 26 heavy (non-hydrogen) atoms. The van der Waals surface area contributed by atoms with Crippen LogP contribution >= 0.6 is 11.6 Å². The van der Waals surface area contributed by atoms with Crippen LogP contribution in [-0.2, 0) is 6.54 Å². The first-order chi connectivity index (χ1) is 12.5. The highest BCUT2D eigenvalue weighted by molar-refractivity contribution is 6.33. The highest BCUT2D eigenvalue weighted by Crippen LogP contribution is 2.18. The van der Waals surface area contributed by atoms with E-state index in [-0.39, 0.29) is 5.56 Å². The molecule has 0 radical (unpaired) electrons. The molecule has 0 aliphatic carbocycles. The maximum Gasteiger partial charge on any atom is 0.271 e. The van der Waals surface area contributed by atoms with Gasteiger partial charge in [-0.1, -0.05) is 23.7 Å². The largest absolute Gasteiger partial charge is 0.467 e. The molecule has 0 fully saturated rings. The number of amides is 2. The number of nitrogens with zero attached hydrogens (tertiary/aromatic N) is 1. The number of hydrogen-bond acceptors (Lipinski definition) is 3. The minimum absolute atomic E-state index is 0.290. The van der Waals surface area contributed by atoms with Gasteiger partial charge in [-0.15, -0.1) is 0 Å². The Bertz CT molecular complexity index is 945. The molecule has 3 aromatic rings. The van der Waals surface area contributed by atoms with Gasteiger partial charge in [0.15, 0.2) is 0 Å². The van der Waals surface area contributed by atoms with Gasteiger partial charge >= 0.3 is 0 Å². The number of hydrogen-bond donors (Lipinski definition) is 2. The van der Waals surface area contributed by atoms with Crippen molar-refractivity contribution in [2.24, 2.45) is 0 Å². The summed E-state index contributed by atoms with van der Waals surface area (Å²) in [5.41, 5.74) is 7.29. The molecule has 7 heteroatoms. The van der Waals surface area contributed by atoms with Gasteiger partial charge in [0.25, 0.3) is 11.8 Å². The van der Waals surface area contributed by atoms with Crippen LogP contribution in [0.3, 0.4) is 0 Å². The molecule has 0 aliphatic rings. The summed E-state index contributed by atoms with van der Waals surface area (Å²) in [5.74, 6) is -0.0803. The van der Waals surface area contributed by atoms with Crippen LogP contribution in [0.5, 0.6) is 0 Å². The number of hydrazine groups is 1. The molecule has 0 saturated carbocycles. The first kappa shape index (κ1) is 17.8. The van der Waals surface area contributed by atoms with Crippen LogP contribution < -0.4 is 10.9 Å². The first-order valence-electron chi connectivity index (χ1n) is 8.01. The maximum absolute atomic E-state index is 12.5. The first-order valence-corrected chi connectivity index (χ1v) is 8.39. The fraction of sp³-hybridized carbons (Fsp3) is 0.158. The third kappa shape index (κ3) is 3.65. The minimum Gasteiger partial charge on any atom is -0.467 e. The van der Waals surface area contributed by atoms with Crippen LogP contribution in [0, 0.1) is 13.8 Å². The number of carbonyl (C=O) groups is 2. The lowest BCUT2D eigenvalue weighted by Crippen LogP contribution is -2.41. The molecule has 2 amide bonds. The molecule has 0 bridgehead atoms. The molecule has 1 aromatic carbocycles. The fourth-order valence-electron chi connectivity index (χ4n) is 2.73. The molecule has 0 atom stereocenters. The second-order valence-electron chi connectivity index (χ2n) is 5.84. The summed E-state index contributed by atoms with van der Waals surface area (Å²) >= 11 is 5.98. The van der Waals surface area contributed by atoms with Crippen LogP contribution in [0.4, 0.5) is 0 Å². The molecule has 6 nitrogen and oxygen atoms in total. The number of aryl methyl sites for hydroxylation is 1. The SMILES string of the molecule is Cc1cc(C(=O)NNC(=O)c2ccccc2Cl)c(C)n1Cc1ccco1. The lowest BCUT2D eigenvalue weighted by atomic mass is 10.2. The van der Waals surface area contributed by atoms with E-state index in [1.54, 1.807) is 36.6 Å². The van der Waals surface area contributed by atoms with Crippen molar-refractivity contribution in [1.82, 2.24) is 15.4 Å². The predicted octanol–water partition coefficient (Wildman–Crippen LogP) is 3.47. The van der Waals surface area contributed by atoms with Gasteiger partial charge < -0.3 is 8.98 Å². The maximum atomic E-state index is 12.5. The summed E-state index contributed by atoms with van der Waals surface area (Å²) in [6, 6.07) is 12.1. The highest BCUT2D eigenvalue weighted by Gasteiger charge is 2.17. The summed E-state index contributed by atoms with van der Waals surface area (Å²) in [5, 5.41) is 0.316.